The Hall–Kier alpha value is -2.08. The molecule has 0 aromatic carbocycles. The number of aromatic nitrogens is 1. The number of hydrogen-bond donors (Lipinski definition) is 1. The van der Waals surface area contributed by atoms with Crippen molar-refractivity contribution in [2.45, 2.75) is 18.9 Å². The van der Waals surface area contributed by atoms with Crippen molar-refractivity contribution >= 4 is 5.91 Å². The van der Waals surface area contributed by atoms with Gasteiger partial charge in [-0.1, -0.05) is 5.16 Å². The van der Waals surface area contributed by atoms with Crippen molar-refractivity contribution < 1.29 is 18.8 Å². The van der Waals surface area contributed by atoms with Crippen molar-refractivity contribution in [3.63, 3.8) is 0 Å². The minimum Gasteiger partial charge on any atom is -0.461 e. The lowest BCUT2D eigenvalue weighted by molar-refractivity contribution is 0.0566. The molecule has 1 fully saturated rings. The zero-order chi connectivity index (χ0) is 13.5. The Balaban J connectivity index is 1.78. The van der Waals surface area contributed by atoms with E-state index in [1.807, 2.05) is 0 Å². The predicted octanol–water partition coefficient (Wildman–Crippen LogP) is 1.53. The van der Waals surface area contributed by atoms with E-state index in [0.717, 1.165) is 0 Å². The summed E-state index contributed by atoms with van der Waals surface area (Å²) in [6.07, 6.45) is 2.10. The molecule has 0 bridgehead atoms. The molecule has 1 saturated heterocycles. The number of nitrogens with zero attached hydrogens (tertiary/aromatic N) is 2. The molecule has 1 aliphatic rings. The van der Waals surface area contributed by atoms with Gasteiger partial charge in [0.05, 0.1) is 11.9 Å². The first-order valence-electron chi connectivity index (χ1n) is 6.07. The van der Waals surface area contributed by atoms with Crippen LogP contribution in [0.25, 0.3) is 11.5 Å². The average Bonchev–Trinajstić information content (AvgIpc) is 3.06. The van der Waals surface area contributed by atoms with E-state index in [-0.39, 0.29) is 11.6 Å². The fourth-order valence-corrected chi connectivity index (χ4v) is 2.19. The Morgan fingerprint density at radius 1 is 1.53 bits per heavy atom. The van der Waals surface area contributed by atoms with E-state index in [0.29, 0.717) is 31.0 Å². The molecule has 1 atom stereocenters. The standard InChI is InChI=1S/C13H14N2O4/c1-13(17)4-5-15(8-13)12(16)9-7-11(19-14-9)10-3-2-6-18-10/h2-3,6-7,17H,4-5,8H2,1H3. The molecule has 0 radical (unpaired) electrons. The Labute approximate surface area is 109 Å². The first-order chi connectivity index (χ1) is 9.05. The second kappa shape index (κ2) is 4.24. The van der Waals surface area contributed by atoms with Gasteiger partial charge < -0.3 is 18.9 Å². The van der Waals surface area contributed by atoms with Crippen LogP contribution >= 0.6 is 0 Å². The normalized spacial score (nSPS) is 22.9. The number of carbonyl (C=O) groups is 1. The summed E-state index contributed by atoms with van der Waals surface area (Å²) >= 11 is 0. The van der Waals surface area contributed by atoms with Gasteiger partial charge in [-0.05, 0) is 25.5 Å². The van der Waals surface area contributed by atoms with Gasteiger partial charge in [0.2, 0.25) is 5.76 Å². The van der Waals surface area contributed by atoms with E-state index < -0.39 is 5.60 Å². The molecule has 6 heteroatoms. The molecule has 1 amide bonds. The summed E-state index contributed by atoms with van der Waals surface area (Å²) in [7, 11) is 0. The number of furan rings is 1. The highest BCUT2D eigenvalue weighted by Crippen LogP contribution is 2.24. The molecule has 3 heterocycles. The van der Waals surface area contributed by atoms with Crippen LogP contribution in [0.1, 0.15) is 23.8 Å². The fourth-order valence-electron chi connectivity index (χ4n) is 2.19. The maximum absolute atomic E-state index is 12.2. The lowest BCUT2D eigenvalue weighted by Gasteiger charge is -2.17. The highest BCUT2D eigenvalue weighted by Gasteiger charge is 2.35. The molecule has 0 saturated carbocycles. The van der Waals surface area contributed by atoms with Crippen LogP contribution in [0, 0.1) is 0 Å². The van der Waals surface area contributed by atoms with E-state index in [9.17, 15) is 9.90 Å². The molecule has 6 nitrogen and oxygen atoms in total. The van der Waals surface area contributed by atoms with Crippen LogP contribution in [0.15, 0.2) is 33.4 Å². The van der Waals surface area contributed by atoms with Crippen LogP contribution in [0.3, 0.4) is 0 Å². The summed E-state index contributed by atoms with van der Waals surface area (Å²) in [6.45, 7) is 2.56. The van der Waals surface area contributed by atoms with Crippen molar-refractivity contribution in [1.29, 1.82) is 0 Å². The molecule has 1 unspecified atom stereocenters. The Morgan fingerprint density at radius 3 is 3.00 bits per heavy atom. The number of rotatable bonds is 2. The van der Waals surface area contributed by atoms with Gasteiger partial charge in [-0.2, -0.15) is 0 Å². The summed E-state index contributed by atoms with van der Waals surface area (Å²) < 4.78 is 10.3. The first kappa shape index (κ1) is 12.0. The maximum Gasteiger partial charge on any atom is 0.276 e. The largest absolute Gasteiger partial charge is 0.461 e. The van der Waals surface area contributed by atoms with Crippen LogP contribution in [-0.4, -0.2) is 39.8 Å². The monoisotopic (exact) mass is 262 g/mol. The number of amides is 1. The van der Waals surface area contributed by atoms with E-state index >= 15 is 0 Å². The van der Waals surface area contributed by atoms with Gasteiger partial charge in [0.1, 0.15) is 0 Å². The lowest BCUT2D eigenvalue weighted by Crippen LogP contribution is -2.34. The van der Waals surface area contributed by atoms with Gasteiger partial charge in [-0.3, -0.25) is 4.79 Å². The van der Waals surface area contributed by atoms with Gasteiger partial charge >= 0.3 is 0 Å². The summed E-state index contributed by atoms with van der Waals surface area (Å²) in [5, 5.41) is 13.6. The van der Waals surface area contributed by atoms with Gasteiger partial charge in [0.25, 0.3) is 5.91 Å². The minimum absolute atomic E-state index is 0.226. The number of carbonyl (C=O) groups excluding carboxylic acids is 1. The third-order valence-corrected chi connectivity index (χ3v) is 3.23. The molecule has 2 aromatic rings. The van der Waals surface area contributed by atoms with Gasteiger partial charge in [0, 0.05) is 19.2 Å². The van der Waals surface area contributed by atoms with E-state index in [1.54, 1.807) is 30.0 Å². The summed E-state index contributed by atoms with van der Waals surface area (Å²) in [4.78, 5) is 13.8. The molecule has 3 rings (SSSR count). The number of hydrogen-bond acceptors (Lipinski definition) is 5. The molecule has 0 spiro atoms. The second-order valence-electron chi connectivity index (χ2n) is 5.03. The summed E-state index contributed by atoms with van der Waals surface area (Å²) in [5.74, 6) is 0.707. The smallest absolute Gasteiger partial charge is 0.276 e. The lowest BCUT2D eigenvalue weighted by atomic mass is 10.1. The average molecular weight is 262 g/mol. The molecule has 1 N–H and O–H groups in total. The third-order valence-electron chi connectivity index (χ3n) is 3.23. The van der Waals surface area contributed by atoms with E-state index in [2.05, 4.69) is 5.16 Å². The number of likely N-dealkylation sites (tertiary alicyclic amines) is 1. The van der Waals surface area contributed by atoms with Crippen molar-refractivity contribution in [2.75, 3.05) is 13.1 Å². The zero-order valence-corrected chi connectivity index (χ0v) is 10.5. The molecule has 2 aromatic heterocycles. The molecule has 0 aliphatic carbocycles. The van der Waals surface area contributed by atoms with Gasteiger partial charge in [0.15, 0.2) is 11.5 Å². The Morgan fingerprint density at radius 2 is 2.37 bits per heavy atom. The highest BCUT2D eigenvalue weighted by molar-refractivity contribution is 5.93. The predicted molar refractivity (Wildman–Crippen MR) is 65.3 cm³/mol. The number of β-amino-alcohol motifs (C(OH)–C–C–N with tert-alkyl or cyclic N) is 1. The Bertz CT molecular complexity index is 586. The van der Waals surface area contributed by atoms with Crippen molar-refractivity contribution in [3.8, 4) is 11.5 Å². The molecule has 1 aliphatic heterocycles. The maximum atomic E-state index is 12.2. The van der Waals surface area contributed by atoms with Gasteiger partial charge in [-0.25, -0.2) is 0 Å². The fraction of sp³-hybridized carbons (Fsp3) is 0.385. The SMILES string of the molecule is CC1(O)CCN(C(=O)c2cc(-c3ccco3)on2)C1. The van der Waals surface area contributed by atoms with Crippen LogP contribution in [0.2, 0.25) is 0 Å². The number of aliphatic hydroxyl groups is 1. The molecule has 100 valence electrons. The third kappa shape index (κ3) is 2.26. The van der Waals surface area contributed by atoms with E-state index in [4.69, 9.17) is 8.94 Å². The molecule has 19 heavy (non-hydrogen) atoms. The topological polar surface area (TPSA) is 79.7 Å². The minimum atomic E-state index is -0.816. The first-order valence-corrected chi connectivity index (χ1v) is 6.07. The van der Waals surface area contributed by atoms with Crippen LogP contribution in [-0.2, 0) is 0 Å². The Kier molecular flexibility index (Phi) is 2.67. The quantitative estimate of drug-likeness (QED) is 0.887. The zero-order valence-electron chi connectivity index (χ0n) is 10.5. The summed E-state index contributed by atoms with van der Waals surface area (Å²) in [5.41, 5.74) is -0.590. The van der Waals surface area contributed by atoms with Crippen LogP contribution in [0.4, 0.5) is 0 Å². The second-order valence-corrected chi connectivity index (χ2v) is 5.03. The van der Waals surface area contributed by atoms with Crippen LogP contribution in [0.5, 0.6) is 0 Å². The van der Waals surface area contributed by atoms with Gasteiger partial charge in [-0.15, -0.1) is 0 Å². The summed E-state index contributed by atoms with van der Waals surface area (Å²) in [6, 6.07) is 5.01. The molecular weight excluding hydrogens is 248 g/mol. The molecular formula is C13H14N2O4. The highest BCUT2D eigenvalue weighted by atomic mass is 16.5. The van der Waals surface area contributed by atoms with Crippen molar-refractivity contribution in [2.24, 2.45) is 0 Å². The van der Waals surface area contributed by atoms with Crippen LogP contribution < -0.4 is 0 Å². The van der Waals surface area contributed by atoms with Crippen molar-refractivity contribution in [1.82, 2.24) is 10.1 Å². The van der Waals surface area contributed by atoms with Crippen molar-refractivity contribution in [3.05, 3.63) is 30.2 Å². The van der Waals surface area contributed by atoms with E-state index in [1.165, 1.54) is 6.26 Å².